The maximum absolute atomic E-state index is 11.9. The Kier molecular flexibility index (Phi) is 6.12. The Morgan fingerprint density at radius 1 is 1.33 bits per heavy atom. The molecule has 1 N–H and O–H groups in total. The van der Waals surface area contributed by atoms with Crippen molar-refractivity contribution in [1.82, 2.24) is 15.1 Å². The second-order valence-corrected chi connectivity index (χ2v) is 5.00. The van der Waals surface area contributed by atoms with E-state index in [9.17, 15) is 9.59 Å². The van der Waals surface area contributed by atoms with Crippen LogP contribution in [0.25, 0.3) is 0 Å². The van der Waals surface area contributed by atoms with Crippen molar-refractivity contribution in [3.63, 3.8) is 0 Å². The topological polar surface area (TPSA) is 52.7 Å². The fourth-order valence-corrected chi connectivity index (χ4v) is 2.20. The van der Waals surface area contributed by atoms with Gasteiger partial charge in [0.1, 0.15) is 0 Å². The molecule has 104 valence electrons. The van der Waals surface area contributed by atoms with Crippen molar-refractivity contribution >= 4 is 11.8 Å². The van der Waals surface area contributed by atoms with Crippen molar-refractivity contribution in [3.8, 4) is 0 Å². The molecule has 0 aromatic heterocycles. The number of carbonyl (C=O) groups excluding carboxylic acids is 2. The molecule has 0 aromatic rings. The predicted molar refractivity (Wildman–Crippen MR) is 71.2 cm³/mol. The van der Waals surface area contributed by atoms with Gasteiger partial charge in [0.05, 0.1) is 6.54 Å². The van der Waals surface area contributed by atoms with E-state index in [0.717, 1.165) is 32.5 Å². The quantitative estimate of drug-likeness (QED) is 0.750. The van der Waals surface area contributed by atoms with Crippen LogP contribution in [0.1, 0.15) is 33.1 Å². The summed E-state index contributed by atoms with van der Waals surface area (Å²) in [5.74, 6) is 0.0930. The fraction of sp³-hybridized carbons (Fsp3) is 0.846. The standard InChI is InChI=1S/C13H25N3O2/c1-4-14-11(2)9-12(17)15(3)10-13(18)16-7-5-6-8-16/h11,14H,4-10H2,1-3H3. The van der Waals surface area contributed by atoms with Crippen molar-refractivity contribution in [2.45, 2.75) is 39.2 Å². The number of nitrogens with one attached hydrogen (secondary N) is 1. The highest BCUT2D eigenvalue weighted by atomic mass is 16.2. The molecule has 0 radical (unpaired) electrons. The Morgan fingerprint density at radius 3 is 2.50 bits per heavy atom. The van der Waals surface area contributed by atoms with Gasteiger partial charge in [0.25, 0.3) is 0 Å². The molecule has 1 saturated heterocycles. The summed E-state index contributed by atoms with van der Waals surface area (Å²) < 4.78 is 0. The minimum absolute atomic E-state index is 0.0241. The molecular formula is C13H25N3O2. The van der Waals surface area contributed by atoms with E-state index in [0.29, 0.717) is 6.42 Å². The number of hydrogen-bond acceptors (Lipinski definition) is 3. The molecule has 0 aliphatic carbocycles. The molecule has 1 heterocycles. The average Bonchev–Trinajstić information content (AvgIpc) is 2.82. The van der Waals surface area contributed by atoms with Gasteiger partial charge in [-0.1, -0.05) is 6.92 Å². The molecule has 0 bridgehead atoms. The highest BCUT2D eigenvalue weighted by molar-refractivity contribution is 5.85. The Morgan fingerprint density at radius 2 is 1.94 bits per heavy atom. The molecule has 18 heavy (non-hydrogen) atoms. The third-order valence-electron chi connectivity index (χ3n) is 3.29. The van der Waals surface area contributed by atoms with Crippen LogP contribution in [0.15, 0.2) is 0 Å². The van der Waals surface area contributed by atoms with E-state index < -0.39 is 0 Å². The third-order valence-corrected chi connectivity index (χ3v) is 3.29. The maximum atomic E-state index is 11.9. The van der Waals surface area contributed by atoms with Crippen LogP contribution in [0, 0.1) is 0 Å². The highest BCUT2D eigenvalue weighted by Crippen LogP contribution is 2.08. The van der Waals surface area contributed by atoms with Crippen molar-refractivity contribution in [1.29, 1.82) is 0 Å². The molecule has 1 atom stereocenters. The zero-order valence-corrected chi connectivity index (χ0v) is 11.7. The van der Waals surface area contributed by atoms with Crippen LogP contribution in [0.5, 0.6) is 0 Å². The number of amides is 2. The van der Waals surface area contributed by atoms with Crippen LogP contribution in [0.2, 0.25) is 0 Å². The molecule has 1 fully saturated rings. The normalized spacial score (nSPS) is 16.7. The Labute approximate surface area is 110 Å². The van der Waals surface area contributed by atoms with Crippen LogP contribution >= 0.6 is 0 Å². The second-order valence-electron chi connectivity index (χ2n) is 5.00. The molecule has 2 amide bonds. The largest absolute Gasteiger partial charge is 0.341 e. The van der Waals surface area contributed by atoms with Crippen LogP contribution < -0.4 is 5.32 Å². The van der Waals surface area contributed by atoms with Crippen molar-refractivity contribution in [2.75, 3.05) is 33.2 Å². The van der Waals surface area contributed by atoms with E-state index in [1.807, 2.05) is 18.7 Å². The van der Waals surface area contributed by atoms with Gasteiger partial charge >= 0.3 is 0 Å². The summed E-state index contributed by atoms with van der Waals surface area (Å²) in [6, 6.07) is 0.159. The summed E-state index contributed by atoms with van der Waals surface area (Å²) in [6.07, 6.45) is 2.61. The second kappa shape index (κ2) is 7.36. The Bertz CT molecular complexity index is 288. The number of rotatable bonds is 6. The zero-order valence-electron chi connectivity index (χ0n) is 11.7. The van der Waals surface area contributed by atoms with Gasteiger partial charge < -0.3 is 15.1 Å². The molecular weight excluding hydrogens is 230 g/mol. The average molecular weight is 255 g/mol. The van der Waals surface area contributed by atoms with Crippen LogP contribution in [0.3, 0.4) is 0 Å². The molecule has 0 aromatic carbocycles. The Balaban J connectivity index is 2.32. The van der Waals surface area contributed by atoms with Gasteiger partial charge in [-0.05, 0) is 26.3 Å². The van der Waals surface area contributed by atoms with E-state index in [4.69, 9.17) is 0 Å². The first-order valence-electron chi connectivity index (χ1n) is 6.79. The SMILES string of the molecule is CCNC(C)CC(=O)N(C)CC(=O)N1CCCC1. The van der Waals surface area contributed by atoms with Gasteiger partial charge in [-0.3, -0.25) is 9.59 Å². The van der Waals surface area contributed by atoms with Gasteiger partial charge in [0, 0.05) is 32.6 Å². The summed E-state index contributed by atoms with van der Waals surface area (Å²) in [5.41, 5.74) is 0. The molecule has 0 saturated carbocycles. The van der Waals surface area contributed by atoms with E-state index in [2.05, 4.69) is 5.32 Å². The number of likely N-dealkylation sites (N-methyl/N-ethyl adjacent to an activating group) is 1. The van der Waals surface area contributed by atoms with Crippen LogP contribution in [-0.2, 0) is 9.59 Å². The molecule has 1 rings (SSSR count). The summed E-state index contributed by atoms with van der Waals surface area (Å²) >= 11 is 0. The third kappa shape index (κ3) is 4.64. The predicted octanol–water partition coefficient (Wildman–Crippen LogP) is 0.455. The van der Waals surface area contributed by atoms with Gasteiger partial charge in [-0.25, -0.2) is 0 Å². The number of likely N-dealkylation sites (tertiary alicyclic amines) is 1. The Hall–Kier alpha value is -1.10. The lowest BCUT2D eigenvalue weighted by molar-refractivity contribution is -0.139. The zero-order chi connectivity index (χ0) is 13.5. The minimum Gasteiger partial charge on any atom is -0.341 e. The molecule has 1 unspecified atom stereocenters. The molecule has 1 aliphatic heterocycles. The van der Waals surface area contributed by atoms with Gasteiger partial charge in [0.15, 0.2) is 0 Å². The van der Waals surface area contributed by atoms with Crippen LogP contribution in [-0.4, -0.2) is 60.9 Å². The van der Waals surface area contributed by atoms with Crippen LogP contribution in [0.4, 0.5) is 0 Å². The maximum Gasteiger partial charge on any atom is 0.242 e. The molecule has 5 nitrogen and oxygen atoms in total. The van der Waals surface area contributed by atoms with Gasteiger partial charge in [-0.2, -0.15) is 0 Å². The highest BCUT2D eigenvalue weighted by Gasteiger charge is 2.21. The summed E-state index contributed by atoms with van der Waals surface area (Å²) in [7, 11) is 1.70. The summed E-state index contributed by atoms with van der Waals surface area (Å²) in [4.78, 5) is 27.2. The van der Waals surface area contributed by atoms with E-state index in [1.165, 1.54) is 4.90 Å². The first-order valence-corrected chi connectivity index (χ1v) is 6.79. The van der Waals surface area contributed by atoms with Crippen molar-refractivity contribution in [3.05, 3.63) is 0 Å². The smallest absolute Gasteiger partial charge is 0.242 e. The lowest BCUT2D eigenvalue weighted by atomic mass is 10.2. The first-order chi connectivity index (χ1) is 8.54. The van der Waals surface area contributed by atoms with Gasteiger partial charge in [0.2, 0.25) is 11.8 Å². The van der Waals surface area contributed by atoms with E-state index in [1.54, 1.807) is 7.05 Å². The monoisotopic (exact) mass is 255 g/mol. The number of carbonyl (C=O) groups is 2. The lowest BCUT2D eigenvalue weighted by Crippen LogP contribution is -2.41. The fourth-order valence-electron chi connectivity index (χ4n) is 2.20. The van der Waals surface area contributed by atoms with E-state index >= 15 is 0 Å². The lowest BCUT2D eigenvalue weighted by Gasteiger charge is -2.22. The van der Waals surface area contributed by atoms with Crippen molar-refractivity contribution < 1.29 is 9.59 Å². The molecule has 1 aliphatic rings. The van der Waals surface area contributed by atoms with E-state index in [-0.39, 0.29) is 24.4 Å². The number of hydrogen-bond donors (Lipinski definition) is 1. The molecule has 5 heteroatoms. The number of nitrogens with zero attached hydrogens (tertiary/aromatic N) is 2. The van der Waals surface area contributed by atoms with Crippen molar-refractivity contribution in [2.24, 2.45) is 0 Å². The first kappa shape index (κ1) is 15.0. The molecule has 0 spiro atoms. The minimum atomic E-state index is 0.0241. The summed E-state index contributed by atoms with van der Waals surface area (Å²) in [5, 5.41) is 3.20. The van der Waals surface area contributed by atoms with Gasteiger partial charge in [-0.15, -0.1) is 0 Å². The summed E-state index contributed by atoms with van der Waals surface area (Å²) in [6.45, 7) is 6.74.